The summed E-state index contributed by atoms with van der Waals surface area (Å²) >= 11 is 1.71. The molecule has 0 aromatic carbocycles. The van der Waals surface area contributed by atoms with Gasteiger partial charge in [-0.3, -0.25) is 19.6 Å². The summed E-state index contributed by atoms with van der Waals surface area (Å²) in [4.78, 5) is 21.4. The van der Waals surface area contributed by atoms with Crippen molar-refractivity contribution in [3.63, 3.8) is 0 Å². The maximum atomic E-state index is 11.1. The Bertz CT molecular complexity index is 397. The number of carbonyl (C=O) groups is 1. The first-order chi connectivity index (χ1) is 9.19. The molecule has 0 radical (unpaired) electrons. The van der Waals surface area contributed by atoms with Crippen LogP contribution in [0.25, 0.3) is 0 Å². The molecule has 1 aliphatic heterocycles. The van der Waals surface area contributed by atoms with E-state index in [1.165, 1.54) is 12.0 Å². The Hall–Kier alpha value is -0.980. The van der Waals surface area contributed by atoms with Gasteiger partial charge in [-0.2, -0.15) is 0 Å². The molecule has 1 aromatic heterocycles. The second-order valence-electron chi connectivity index (χ2n) is 4.91. The van der Waals surface area contributed by atoms with Crippen LogP contribution in [0.2, 0.25) is 0 Å². The predicted molar refractivity (Wildman–Crippen MR) is 75.1 cm³/mol. The molecule has 6 heteroatoms. The first-order valence-electron chi connectivity index (χ1n) is 6.59. The summed E-state index contributed by atoms with van der Waals surface area (Å²) in [5, 5.41) is 0. The van der Waals surface area contributed by atoms with E-state index in [0.29, 0.717) is 12.5 Å². The largest absolute Gasteiger partial charge is 0.469 e. The van der Waals surface area contributed by atoms with Crippen LogP contribution in [0, 0.1) is 0 Å². The predicted octanol–water partition coefficient (Wildman–Crippen LogP) is 1.21. The maximum absolute atomic E-state index is 11.1. The molecule has 0 bridgehead atoms. The summed E-state index contributed by atoms with van der Waals surface area (Å²) < 4.78 is 4.68. The highest BCUT2D eigenvalue weighted by Crippen LogP contribution is 2.16. The van der Waals surface area contributed by atoms with Crippen molar-refractivity contribution in [2.45, 2.75) is 25.9 Å². The molecule has 106 valence electrons. The minimum Gasteiger partial charge on any atom is -0.469 e. The molecule has 0 spiro atoms. The van der Waals surface area contributed by atoms with E-state index in [1.807, 2.05) is 11.7 Å². The van der Waals surface area contributed by atoms with Crippen molar-refractivity contribution in [1.29, 1.82) is 0 Å². The van der Waals surface area contributed by atoms with Crippen LogP contribution in [0.15, 0.2) is 11.7 Å². The van der Waals surface area contributed by atoms with E-state index in [2.05, 4.69) is 26.4 Å². The lowest BCUT2D eigenvalue weighted by Gasteiger charge is -2.39. The van der Waals surface area contributed by atoms with E-state index >= 15 is 0 Å². The van der Waals surface area contributed by atoms with E-state index in [0.717, 1.165) is 32.7 Å². The number of rotatable bonds is 5. The molecule has 5 nitrogen and oxygen atoms in total. The first kappa shape index (κ1) is 14.4. The molecular formula is C13H21N3O2S. The second kappa shape index (κ2) is 6.98. The van der Waals surface area contributed by atoms with Crippen LogP contribution in [0.5, 0.6) is 0 Å². The zero-order chi connectivity index (χ0) is 13.7. The van der Waals surface area contributed by atoms with E-state index in [9.17, 15) is 4.79 Å². The monoisotopic (exact) mass is 283 g/mol. The summed E-state index contributed by atoms with van der Waals surface area (Å²) in [6.45, 7) is 7.09. The standard InChI is InChI=1S/C13H21N3O2S/c1-11-8-15(4-3-13(17)18-2)5-6-16(11)9-12-7-14-10-19-12/h7,10-11H,3-6,8-9H2,1-2H3/t11-/m1/s1. The summed E-state index contributed by atoms with van der Waals surface area (Å²) in [6.07, 6.45) is 2.43. The van der Waals surface area contributed by atoms with E-state index < -0.39 is 0 Å². The fourth-order valence-electron chi connectivity index (χ4n) is 2.38. The Morgan fingerprint density at radius 3 is 3.05 bits per heavy atom. The summed E-state index contributed by atoms with van der Waals surface area (Å²) in [5.41, 5.74) is 1.88. The van der Waals surface area contributed by atoms with Crippen LogP contribution >= 0.6 is 11.3 Å². The van der Waals surface area contributed by atoms with Gasteiger partial charge in [0, 0.05) is 49.8 Å². The van der Waals surface area contributed by atoms with Crippen LogP contribution in [0.1, 0.15) is 18.2 Å². The third-order valence-corrected chi connectivity index (χ3v) is 4.32. The summed E-state index contributed by atoms with van der Waals surface area (Å²) in [5.74, 6) is -0.125. The summed E-state index contributed by atoms with van der Waals surface area (Å²) in [7, 11) is 1.44. The van der Waals surface area contributed by atoms with Gasteiger partial charge in [-0.25, -0.2) is 0 Å². The van der Waals surface area contributed by atoms with Gasteiger partial charge in [-0.15, -0.1) is 11.3 Å². The lowest BCUT2D eigenvalue weighted by molar-refractivity contribution is -0.141. The Morgan fingerprint density at radius 2 is 2.42 bits per heavy atom. The Morgan fingerprint density at radius 1 is 1.58 bits per heavy atom. The molecule has 0 aliphatic carbocycles. The maximum Gasteiger partial charge on any atom is 0.306 e. The van der Waals surface area contributed by atoms with Gasteiger partial charge in [0.1, 0.15) is 0 Å². The lowest BCUT2D eigenvalue weighted by Crippen LogP contribution is -2.51. The van der Waals surface area contributed by atoms with Crippen molar-refractivity contribution in [3.05, 3.63) is 16.6 Å². The second-order valence-corrected chi connectivity index (χ2v) is 5.88. The molecule has 1 atom stereocenters. The van der Waals surface area contributed by atoms with Crippen LogP contribution in [-0.4, -0.2) is 60.1 Å². The number of methoxy groups -OCH3 is 1. The number of hydrogen-bond acceptors (Lipinski definition) is 6. The number of piperazine rings is 1. The fraction of sp³-hybridized carbons (Fsp3) is 0.692. The SMILES string of the molecule is COC(=O)CCN1CCN(Cc2cncs2)[C@H](C)C1. The van der Waals surface area contributed by atoms with E-state index in [4.69, 9.17) is 0 Å². The van der Waals surface area contributed by atoms with Crippen molar-refractivity contribution in [2.75, 3.05) is 33.3 Å². The van der Waals surface area contributed by atoms with E-state index in [1.54, 1.807) is 11.3 Å². The highest BCUT2D eigenvalue weighted by atomic mass is 32.1. The third kappa shape index (κ3) is 4.26. The van der Waals surface area contributed by atoms with Gasteiger partial charge >= 0.3 is 5.97 Å². The molecule has 1 saturated heterocycles. The minimum atomic E-state index is -0.125. The Kier molecular flexibility index (Phi) is 5.30. The van der Waals surface area contributed by atoms with Gasteiger partial charge in [-0.05, 0) is 6.92 Å². The van der Waals surface area contributed by atoms with Crippen LogP contribution in [-0.2, 0) is 16.1 Å². The van der Waals surface area contributed by atoms with Gasteiger partial charge < -0.3 is 4.74 Å². The quantitative estimate of drug-likeness (QED) is 0.760. The smallest absolute Gasteiger partial charge is 0.306 e. The highest BCUT2D eigenvalue weighted by molar-refractivity contribution is 7.09. The average molecular weight is 283 g/mol. The van der Waals surface area contributed by atoms with Crippen LogP contribution < -0.4 is 0 Å². The first-order valence-corrected chi connectivity index (χ1v) is 7.47. The van der Waals surface area contributed by atoms with Crippen LogP contribution in [0.3, 0.4) is 0 Å². The highest BCUT2D eigenvalue weighted by Gasteiger charge is 2.24. The number of hydrogen-bond donors (Lipinski definition) is 0. The number of carbonyl (C=O) groups excluding carboxylic acids is 1. The number of ether oxygens (including phenoxy) is 1. The Labute approximate surface area is 118 Å². The Balaban J connectivity index is 1.76. The molecule has 0 saturated carbocycles. The molecule has 2 heterocycles. The molecule has 1 aliphatic rings. The van der Waals surface area contributed by atoms with Crippen molar-refractivity contribution in [3.8, 4) is 0 Å². The van der Waals surface area contributed by atoms with Crippen molar-refractivity contribution in [2.24, 2.45) is 0 Å². The number of thiazole rings is 1. The van der Waals surface area contributed by atoms with Gasteiger partial charge in [0.2, 0.25) is 0 Å². The fourth-order valence-corrected chi connectivity index (χ4v) is 3.00. The molecule has 1 aromatic rings. The lowest BCUT2D eigenvalue weighted by atomic mass is 10.2. The topological polar surface area (TPSA) is 45.7 Å². The normalized spacial score (nSPS) is 21.5. The molecule has 0 amide bonds. The molecule has 0 unspecified atom stereocenters. The van der Waals surface area contributed by atoms with Crippen molar-refractivity contribution >= 4 is 17.3 Å². The van der Waals surface area contributed by atoms with Gasteiger partial charge in [0.25, 0.3) is 0 Å². The van der Waals surface area contributed by atoms with Crippen molar-refractivity contribution in [1.82, 2.24) is 14.8 Å². The van der Waals surface area contributed by atoms with Crippen molar-refractivity contribution < 1.29 is 9.53 Å². The summed E-state index contributed by atoms with van der Waals surface area (Å²) in [6, 6.07) is 0.508. The minimum absolute atomic E-state index is 0.125. The molecular weight excluding hydrogens is 262 g/mol. The number of esters is 1. The zero-order valence-electron chi connectivity index (χ0n) is 11.5. The van der Waals surface area contributed by atoms with Gasteiger partial charge in [0.05, 0.1) is 19.0 Å². The van der Waals surface area contributed by atoms with Crippen LogP contribution in [0.4, 0.5) is 0 Å². The molecule has 1 fully saturated rings. The molecule has 0 N–H and O–H groups in total. The zero-order valence-corrected chi connectivity index (χ0v) is 12.4. The molecule has 2 rings (SSSR count). The number of aromatic nitrogens is 1. The third-order valence-electron chi connectivity index (χ3n) is 3.55. The number of nitrogens with zero attached hydrogens (tertiary/aromatic N) is 3. The van der Waals surface area contributed by atoms with E-state index in [-0.39, 0.29) is 5.97 Å². The average Bonchev–Trinajstić information content (AvgIpc) is 2.91. The van der Waals surface area contributed by atoms with Gasteiger partial charge in [0.15, 0.2) is 0 Å². The van der Waals surface area contributed by atoms with Gasteiger partial charge in [-0.1, -0.05) is 0 Å². The molecule has 19 heavy (non-hydrogen) atoms.